The van der Waals surface area contributed by atoms with E-state index in [4.69, 9.17) is 11.6 Å². The van der Waals surface area contributed by atoms with Crippen molar-refractivity contribution in [2.24, 2.45) is 7.05 Å². The first-order valence-corrected chi connectivity index (χ1v) is 7.18. The van der Waals surface area contributed by atoms with Gasteiger partial charge < -0.3 is 10.6 Å². The molecule has 0 fully saturated rings. The van der Waals surface area contributed by atoms with E-state index in [-0.39, 0.29) is 0 Å². The third-order valence-electron chi connectivity index (χ3n) is 2.58. The van der Waals surface area contributed by atoms with E-state index in [1.165, 1.54) is 6.42 Å². The van der Waals surface area contributed by atoms with E-state index in [0.29, 0.717) is 0 Å². The number of halogens is 1. The molecule has 20 heavy (non-hydrogen) atoms. The fraction of sp³-hybridized carbons (Fsp3) is 0.400. The number of anilines is 2. The maximum atomic E-state index is 5.83. The van der Waals surface area contributed by atoms with Crippen molar-refractivity contribution >= 4 is 23.1 Å². The topological polar surface area (TPSA) is 41.9 Å². The first kappa shape index (κ1) is 16.4. The molecule has 0 radical (unpaired) electrons. The zero-order chi connectivity index (χ0) is 15.0. The Balaban J connectivity index is 0.000000612. The van der Waals surface area contributed by atoms with E-state index in [9.17, 15) is 0 Å². The van der Waals surface area contributed by atoms with Crippen LogP contribution in [-0.2, 0) is 13.6 Å². The van der Waals surface area contributed by atoms with Gasteiger partial charge in [-0.1, -0.05) is 31.9 Å². The van der Waals surface area contributed by atoms with Gasteiger partial charge in [-0.3, -0.25) is 4.68 Å². The molecule has 5 heteroatoms. The number of aryl methyl sites for hydroxylation is 1. The lowest BCUT2D eigenvalue weighted by Crippen LogP contribution is -2.04. The highest BCUT2D eigenvalue weighted by Crippen LogP contribution is 2.17. The van der Waals surface area contributed by atoms with Crippen LogP contribution in [0.5, 0.6) is 0 Å². The fourth-order valence-corrected chi connectivity index (χ4v) is 1.83. The predicted molar refractivity (Wildman–Crippen MR) is 87.5 cm³/mol. The molecule has 0 aliphatic rings. The summed E-state index contributed by atoms with van der Waals surface area (Å²) in [5.41, 5.74) is 2.17. The molecular formula is C15H23ClN4. The number of hydrogen-bond donors (Lipinski definition) is 2. The molecular weight excluding hydrogens is 272 g/mol. The average molecular weight is 295 g/mol. The Bertz CT molecular complexity index is 505. The van der Waals surface area contributed by atoms with E-state index < -0.39 is 0 Å². The van der Waals surface area contributed by atoms with Crippen molar-refractivity contribution in [2.75, 3.05) is 17.7 Å². The molecule has 0 spiro atoms. The summed E-state index contributed by atoms with van der Waals surface area (Å²) in [7, 11) is 3.81. The van der Waals surface area contributed by atoms with Crippen LogP contribution in [0.1, 0.15) is 25.8 Å². The molecule has 0 saturated carbocycles. The van der Waals surface area contributed by atoms with Crippen LogP contribution >= 0.6 is 11.6 Å². The summed E-state index contributed by atoms with van der Waals surface area (Å²) >= 11 is 5.83. The van der Waals surface area contributed by atoms with Crippen LogP contribution in [-0.4, -0.2) is 16.8 Å². The highest BCUT2D eigenvalue weighted by Gasteiger charge is 2.05. The largest absolute Gasteiger partial charge is 0.381 e. The Kier molecular flexibility index (Phi) is 6.94. The van der Waals surface area contributed by atoms with Gasteiger partial charge in [0.1, 0.15) is 5.82 Å². The van der Waals surface area contributed by atoms with Gasteiger partial charge in [0.25, 0.3) is 0 Å². The SMILES string of the molecule is CCC.CNc1c(CNc2ccc(Cl)cc2)cnn1C. The predicted octanol–water partition coefficient (Wildman–Crippen LogP) is 4.14. The average Bonchev–Trinajstić information content (AvgIpc) is 2.79. The lowest BCUT2D eigenvalue weighted by molar-refractivity contribution is 0.774. The van der Waals surface area contributed by atoms with Crippen molar-refractivity contribution < 1.29 is 0 Å². The highest BCUT2D eigenvalue weighted by molar-refractivity contribution is 6.30. The van der Waals surface area contributed by atoms with Gasteiger partial charge in [-0.2, -0.15) is 5.10 Å². The summed E-state index contributed by atoms with van der Waals surface area (Å²) in [5, 5.41) is 11.4. The number of aromatic nitrogens is 2. The van der Waals surface area contributed by atoms with Crippen molar-refractivity contribution in [1.82, 2.24) is 9.78 Å². The molecule has 110 valence electrons. The molecule has 2 rings (SSSR count). The fourth-order valence-electron chi connectivity index (χ4n) is 1.70. The van der Waals surface area contributed by atoms with Crippen LogP contribution in [0.2, 0.25) is 5.02 Å². The van der Waals surface area contributed by atoms with Crippen LogP contribution in [0.15, 0.2) is 30.5 Å². The minimum atomic E-state index is 0.728. The van der Waals surface area contributed by atoms with Gasteiger partial charge in [-0.15, -0.1) is 0 Å². The molecule has 2 N–H and O–H groups in total. The molecule has 0 amide bonds. The Labute approximate surface area is 126 Å². The standard InChI is InChI=1S/C12H15ClN4.C3H8/c1-14-12-9(8-16-17(12)2)7-15-11-5-3-10(13)4-6-11;1-3-2/h3-6,8,14-15H,7H2,1-2H3;3H2,1-2H3. The van der Waals surface area contributed by atoms with Gasteiger partial charge in [0, 0.05) is 36.9 Å². The molecule has 1 aromatic heterocycles. The smallest absolute Gasteiger partial charge is 0.128 e. The van der Waals surface area contributed by atoms with Gasteiger partial charge in [-0.25, -0.2) is 0 Å². The van der Waals surface area contributed by atoms with Gasteiger partial charge in [-0.05, 0) is 24.3 Å². The minimum Gasteiger partial charge on any atom is -0.381 e. The Morgan fingerprint density at radius 3 is 2.35 bits per heavy atom. The van der Waals surface area contributed by atoms with E-state index in [1.54, 1.807) is 0 Å². The molecule has 0 bridgehead atoms. The molecule has 2 aromatic rings. The Morgan fingerprint density at radius 2 is 1.80 bits per heavy atom. The molecule has 0 saturated heterocycles. The monoisotopic (exact) mass is 294 g/mol. The minimum absolute atomic E-state index is 0.728. The van der Waals surface area contributed by atoms with Crippen molar-refractivity contribution in [3.05, 3.63) is 41.0 Å². The molecule has 1 heterocycles. The summed E-state index contributed by atoms with van der Waals surface area (Å²) in [4.78, 5) is 0. The van der Waals surface area contributed by atoms with Crippen molar-refractivity contribution in [3.63, 3.8) is 0 Å². The van der Waals surface area contributed by atoms with E-state index in [2.05, 4.69) is 29.6 Å². The number of benzene rings is 1. The van der Waals surface area contributed by atoms with Crippen LogP contribution in [0.25, 0.3) is 0 Å². The quantitative estimate of drug-likeness (QED) is 0.890. The van der Waals surface area contributed by atoms with Crippen molar-refractivity contribution in [3.8, 4) is 0 Å². The zero-order valence-corrected chi connectivity index (χ0v) is 13.3. The maximum Gasteiger partial charge on any atom is 0.128 e. The third-order valence-corrected chi connectivity index (χ3v) is 2.83. The van der Waals surface area contributed by atoms with Crippen molar-refractivity contribution in [1.29, 1.82) is 0 Å². The summed E-state index contributed by atoms with van der Waals surface area (Å²) in [6.45, 7) is 4.98. The molecule has 0 aliphatic carbocycles. The van der Waals surface area contributed by atoms with Crippen molar-refractivity contribution in [2.45, 2.75) is 26.8 Å². The number of rotatable bonds is 4. The molecule has 1 aromatic carbocycles. The summed E-state index contributed by atoms with van der Waals surface area (Å²) < 4.78 is 1.82. The first-order valence-electron chi connectivity index (χ1n) is 6.80. The summed E-state index contributed by atoms with van der Waals surface area (Å²) in [5.74, 6) is 1.02. The maximum absolute atomic E-state index is 5.83. The van der Waals surface area contributed by atoms with E-state index in [0.717, 1.165) is 28.6 Å². The second-order valence-electron chi connectivity index (χ2n) is 4.46. The summed E-state index contributed by atoms with van der Waals surface area (Å²) in [6.07, 6.45) is 3.11. The Hall–Kier alpha value is -1.68. The zero-order valence-electron chi connectivity index (χ0n) is 12.6. The third kappa shape index (κ3) is 4.78. The normalized spacial score (nSPS) is 9.65. The molecule has 0 atom stereocenters. The number of nitrogens with one attached hydrogen (secondary N) is 2. The summed E-state index contributed by atoms with van der Waals surface area (Å²) in [6, 6.07) is 7.65. The second-order valence-corrected chi connectivity index (χ2v) is 4.90. The lowest BCUT2D eigenvalue weighted by atomic mass is 10.3. The molecule has 4 nitrogen and oxygen atoms in total. The first-order chi connectivity index (χ1) is 9.62. The second kappa shape index (κ2) is 8.48. The Morgan fingerprint density at radius 1 is 1.20 bits per heavy atom. The highest BCUT2D eigenvalue weighted by atomic mass is 35.5. The van der Waals surface area contributed by atoms with E-state index >= 15 is 0 Å². The van der Waals surface area contributed by atoms with Gasteiger partial charge in [0.05, 0.1) is 6.20 Å². The molecule has 0 aliphatic heterocycles. The number of nitrogens with zero attached hydrogens (tertiary/aromatic N) is 2. The van der Waals surface area contributed by atoms with Gasteiger partial charge >= 0.3 is 0 Å². The van der Waals surface area contributed by atoms with Crippen LogP contribution in [0.3, 0.4) is 0 Å². The van der Waals surface area contributed by atoms with Gasteiger partial charge in [0.15, 0.2) is 0 Å². The lowest BCUT2D eigenvalue weighted by Gasteiger charge is -2.08. The van der Waals surface area contributed by atoms with Crippen LogP contribution in [0.4, 0.5) is 11.5 Å². The number of hydrogen-bond acceptors (Lipinski definition) is 3. The molecule has 0 unspecified atom stereocenters. The van der Waals surface area contributed by atoms with Crippen LogP contribution < -0.4 is 10.6 Å². The van der Waals surface area contributed by atoms with E-state index in [1.807, 2.05) is 49.2 Å². The van der Waals surface area contributed by atoms with Gasteiger partial charge in [0.2, 0.25) is 0 Å². The van der Waals surface area contributed by atoms with Crippen LogP contribution in [0, 0.1) is 0 Å².